The van der Waals surface area contributed by atoms with E-state index in [0.29, 0.717) is 0 Å². The van der Waals surface area contributed by atoms with Crippen molar-refractivity contribution in [2.24, 2.45) is 28.1 Å². The Labute approximate surface area is 296 Å². The number of nitrogens with one attached hydrogen (secondary N) is 4. The second-order valence-corrected chi connectivity index (χ2v) is 18.0. The van der Waals surface area contributed by atoms with Gasteiger partial charge in [0.05, 0.1) is 6.04 Å². The maximum Gasteiger partial charge on any atom is 0.315 e. The second kappa shape index (κ2) is 15.2. The minimum Gasteiger partial charge on any atom is -0.346 e. The fourth-order valence-electron chi connectivity index (χ4n) is 6.53. The van der Waals surface area contributed by atoms with Crippen LogP contribution in [0.15, 0.2) is 42.1 Å². The van der Waals surface area contributed by atoms with E-state index in [4.69, 9.17) is 0 Å². The van der Waals surface area contributed by atoms with E-state index < -0.39 is 74.6 Å². The van der Waals surface area contributed by atoms with Gasteiger partial charge in [-0.2, -0.15) is 4.31 Å². The predicted molar refractivity (Wildman–Crippen MR) is 189 cm³/mol. The van der Waals surface area contributed by atoms with E-state index >= 15 is 0 Å². The van der Waals surface area contributed by atoms with Crippen LogP contribution < -0.4 is 21.3 Å². The lowest BCUT2D eigenvalue weighted by atomic mass is 9.85. The minimum absolute atomic E-state index is 0.0326. The van der Waals surface area contributed by atoms with Crippen molar-refractivity contribution < 1.29 is 32.4 Å². The van der Waals surface area contributed by atoms with Crippen LogP contribution in [0.25, 0.3) is 0 Å². The molecular weight excluding hydrogens is 662 g/mol. The zero-order valence-corrected chi connectivity index (χ0v) is 31.8. The van der Waals surface area contributed by atoms with Gasteiger partial charge in [0.15, 0.2) is 5.03 Å². The Kier molecular flexibility index (Phi) is 12.3. The largest absolute Gasteiger partial charge is 0.346 e. The Morgan fingerprint density at radius 1 is 1.06 bits per heavy atom. The van der Waals surface area contributed by atoms with E-state index in [9.17, 15) is 32.4 Å². The fourth-order valence-corrected chi connectivity index (χ4v) is 7.64. The van der Waals surface area contributed by atoms with E-state index in [1.54, 1.807) is 39.8 Å². The topological polar surface area (TPSA) is 187 Å². The number of aromatic nitrogens is 1. The summed E-state index contributed by atoms with van der Waals surface area (Å²) in [7, 11) is -2.53. The van der Waals surface area contributed by atoms with Crippen molar-refractivity contribution in [1.82, 2.24) is 35.5 Å². The summed E-state index contributed by atoms with van der Waals surface area (Å²) in [6.07, 6.45) is 3.00. The number of amides is 5. The van der Waals surface area contributed by atoms with Gasteiger partial charge >= 0.3 is 6.03 Å². The van der Waals surface area contributed by atoms with Gasteiger partial charge in [0.2, 0.25) is 17.6 Å². The number of carbonyl (C=O) groups is 5. The molecule has 0 radical (unpaired) electrons. The molecule has 3 rings (SSSR count). The Bertz CT molecular complexity index is 1570. The quantitative estimate of drug-likeness (QED) is 0.166. The molecule has 2 fully saturated rings. The standard InChI is InChI=1S/C35H55N7O7S/c1-12-17-37-30(45)27(43)22(13-2)38-29(44)26-25-21(35(25,9)10)19-42(26)31(46)28(34(6,7)8)40-32(47)39-23(33(3,4)5)20-41(11)50(48,49)24-16-14-15-18-36-24/h12,14-16,18,21-23,25-26,28H,1,13,17,19-20H2,2-11H3,(H,37,45)(H,38,44)(H2,39,40,47)/t21-,22?,23+,25-,26-,28+/m0/s1. The number of likely N-dealkylation sites (N-methyl/N-ethyl adjacent to an activating group) is 1. The van der Waals surface area contributed by atoms with Gasteiger partial charge in [-0.05, 0) is 46.6 Å². The number of piperidine rings is 1. The first-order chi connectivity index (χ1) is 23.0. The van der Waals surface area contributed by atoms with Gasteiger partial charge in [0.25, 0.3) is 15.9 Å². The van der Waals surface area contributed by atoms with Crippen LogP contribution in [-0.2, 0) is 29.2 Å². The van der Waals surface area contributed by atoms with Crippen LogP contribution in [-0.4, -0.2) is 103 Å². The smallest absolute Gasteiger partial charge is 0.315 e. The summed E-state index contributed by atoms with van der Waals surface area (Å²) in [5.74, 6) is -2.76. The van der Waals surface area contributed by atoms with Crippen molar-refractivity contribution in [2.75, 3.05) is 26.7 Å². The number of urea groups is 1. The molecule has 1 unspecified atom stereocenters. The minimum atomic E-state index is -3.95. The van der Waals surface area contributed by atoms with Crippen LogP contribution in [0.5, 0.6) is 0 Å². The number of sulfonamides is 1. The summed E-state index contributed by atoms with van der Waals surface area (Å²) in [6, 6.07) is 0.186. The molecule has 15 heteroatoms. The van der Waals surface area contributed by atoms with Crippen LogP contribution in [0.2, 0.25) is 0 Å². The van der Waals surface area contributed by atoms with E-state index in [-0.39, 0.29) is 48.3 Å². The normalized spacial score (nSPS) is 21.7. The molecule has 1 aromatic heterocycles. The molecule has 1 saturated heterocycles. The first-order valence-corrected chi connectivity index (χ1v) is 18.4. The van der Waals surface area contributed by atoms with Crippen molar-refractivity contribution in [3.8, 4) is 0 Å². The number of fused-ring (bicyclic) bond motifs is 1. The van der Waals surface area contributed by atoms with E-state index in [0.717, 1.165) is 4.31 Å². The van der Waals surface area contributed by atoms with Gasteiger partial charge in [0.1, 0.15) is 12.1 Å². The number of hydrogen-bond acceptors (Lipinski definition) is 8. The van der Waals surface area contributed by atoms with Crippen molar-refractivity contribution in [2.45, 2.75) is 97.9 Å². The molecule has 5 amide bonds. The highest BCUT2D eigenvalue weighted by Gasteiger charge is 2.70. The average molecular weight is 718 g/mol. The number of rotatable bonds is 14. The number of Topliss-reactive ketones (excluding diaryl/α,β-unsaturated/α-hetero) is 1. The van der Waals surface area contributed by atoms with Gasteiger partial charge in [-0.25, -0.2) is 18.2 Å². The maximum atomic E-state index is 14.4. The Balaban J connectivity index is 1.82. The molecular formula is C35H55N7O7S. The molecule has 0 bridgehead atoms. The molecule has 1 saturated carbocycles. The SMILES string of the molecule is C=CCNC(=O)C(=O)C(CC)NC(=O)[C@@H]1[C@@H]2[C@H](CN1C(=O)[C@@H](NC(=O)N[C@H](CN(C)S(=O)(=O)c1ccccn1)C(C)(C)C)C(C)(C)C)C2(C)C. The summed E-state index contributed by atoms with van der Waals surface area (Å²) in [5, 5.41) is 10.8. The summed E-state index contributed by atoms with van der Waals surface area (Å²) in [4.78, 5) is 72.5. The average Bonchev–Trinajstić information content (AvgIpc) is 3.33. The second-order valence-electron chi connectivity index (χ2n) is 16.0. The molecule has 2 aliphatic rings. The van der Waals surface area contributed by atoms with Crippen molar-refractivity contribution >= 4 is 39.6 Å². The van der Waals surface area contributed by atoms with Crippen molar-refractivity contribution in [3.05, 3.63) is 37.1 Å². The number of ketones is 1. The third kappa shape index (κ3) is 8.89. The molecule has 278 valence electrons. The molecule has 2 heterocycles. The van der Waals surface area contributed by atoms with Crippen LogP contribution in [0.4, 0.5) is 4.79 Å². The highest BCUT2D eigenvalue weighted by Crippen LogP contribution is 2.65. The maximum absolute atomic E-state index is 14.4. The Morgan fingerprint density at radius 2 is 1.70 bits per heavy atom. The lowest BCUT2D eigenvalue weighted by Gasteiger charge is -2.39. The number of carbonyl (C=O) groups excluding carboxylic acids is 5. The molecule has 1 aliphatic carbocycles. The molecule has 1 aliphatic heterocycles. The first kappa shape index (κ1) is 40.6. The van der Waals surface area contributed by atoms with Crippen LogP contribution in [0, 0.1) is 28.1 Å². The monoisotopic (exact) mass is 717 g/mol. The van der Waals surface area contributed by atoms with Gasteiger partial charge < -0.3 is 26.2 Å². The number of pyridine rings is 1. The first-order valence-electron chi connectivity index (χ1n) is 17.0. The Hall–Kier alpha value is -3.85. The van der Waals surface area contributed by atoms with Gasteiger partial charge in [-0.15, -0.1) is 6.58 Å². The zero-order valence-electron chi connectivity index (χ0n) is 31.0. The summed E-state index contributed by atoms with van der Waals surface area (Å²) < 4.78 is 27.5. The highest BCUT2D eigenvalue weighted by molar-refractivity contribution is 7.89. The third-order valence-corrected chi connectivity index (χ3v) is 11.7. The lowest BCUT2D eigenvalue weighted by Crippen LogP contribution is -2.62. The van der Waals surface area contributed by atoms with Crippen molar-refractivity contribution in [1.29, 1.82) is 0 Å². The highest BCUT2D eigenvalue weighted by atomic mass is 32.2. The third-order valence-electron chi connectivity index (χ3n) is 9.92. The summed E-state index contributed by atoms with van der Waals surface area (Å²) >= 11 is 0. The molecule has 0 aromatic carbocycles. The van der Waals surface area contributed by atoms with Crippen LogP contribution in [0.1, 0.15) is 68.7 Å². The van der Waals surface area contributed by atoms with E-state index in [1.165, 1.54) is 30.3 Å². The van der Waals surface area contributed by atoms with E-state index in [1.807, 2.05) is 34.6 Å². The number of nitrogens with zero attached hydrogens (tertiary/aromatic N) is 3. The molecule has 50 heavy (non-hydrogen) atoms. The van der Waals surface area contributed by atoms with Gasteiger partial charge in [0, 0.05) is 38.9 Å². The van der Waals surface area contributed by atoms with Crippen LogP contribution >= 0.6 is 0 Å². The van der Waals surface area contributed by atoms with Crippen LogP contribution in [0.3, 0.4) is 0 Å². The summed E-state index contributed by atoms with van der Waals surface area (Å²) in [5.41, 5.74) is -1.61. The molecule has 6 atom stereocenters. The predicted octanol–water partition coefficient (Wildman–Crippen LogP) is 2.08. The fraction of sp³-hybridized carbons (Fsp3) is 0.657. The molecule has 0 spiro atoms. The number of likely N-dealkylation sites (tertiary alicyclic amines) is 1. The molecule has 1 aromatic rings. The molecule has 14 nitrogen and oxygen atoms in total. The van der Waals surface area contributed by atoms with E-state index in [2.05, 4.69) is 32.8 Å². The number of hydrogen-bond donors (Lipinski definition) is 4. The van der Waals surface area contributed by atoms with Gasteiger partial charge in [-0.1, -0.05) is 74.5 Å². The lowest BCUT2D eigenvalue weighted by molar-refractivity contribution is -0.145. The van der Waals surface area contributed by atoms with Crippen molar-refractivity contribution in [3.63, 3.8) is 0 Å². The zero-order chi connectivity index (χ0) is 38.0. The Morgan fingerprint density at radius 3 is 2.22 bits per heavy atom. The molecule has 4 N–H and O–H groups in total. The summed E-state index contributed by atoms with van der Waals surface area (Å²) in [6.45, 7) is 20.6. The van der Waals surface area contributed by atoms with Gasteiger partial charge in [-0.3, -0.25) is 19.2 Å².